The zero-order valence-electron chi connectivity index (χ0n) is 7.48. The normalized spacial score (nSPS) is 10.4. The van der Waals surface area contributed by atoms with Crippen molar-refractivity contribution in [3.05, 3.63) is 40.6 Å². The first-order valence-electron chi connectivity index (χ1n) is 4.07. The van der Waals surface area contributed by atoms with E-state index in [4.69, 9.17) is 0 Å². The van der Waals surface area contributed by atoms with Crippen LogP contribution in [0.1, 0.15) is 17.3 Å². The molecule has 0 unspecified atom stereocenters. The van der Waals surface area contributed by atoms with Gasteiger partial charge < -0.3 is 4.42 Å². The molecule has 70 valence electrons. The lowest BCUT2D eigenvalue weighted by atomic mass is 10.1. The molecule has 0 N–H and O–H groups in total. The Hall–Kier alpha value is -1.97. The Morgan fingerprint density at radius 3 is 2.93 bits per heavy atom. The maximum Gasteiger partial charge on any atom is 0.439 e. The van der Waals surface area contributed by atoms with Crippen LogP contribution in [0.3, 0.4) is 0 Å². The Morgan fingerprint density at radius 2 is 2.21 bits per heavy atom. The van der Waals surface area contributed by atoms with Gasteiger partial charge in [0.2, 0.25) is 0 Å². The number of hydrogen-bond acceptors (Lipinski definition) is 4. The number of carbonyl (C=O) groups is 1. The van der Waals surface area contributed by atoms with Crippen LogP contribution in [-0.4, -0.2) is 10.8 Å². The maximum atomic E-state index is 11.0. The number of rotatable bonds is 1. The first-order chi connectivity index (χ1) is 6.66. The van der Waals surface area contributed by atoms with Gasteiger partial charge in [-0.2, -0.15) is 4.98 Å². The number of aromatic nitrogens is 1. The minimum atomic E-state index is -0.631. The van der Waals surface area contributed by atoms with E-state index < -0.39 is 5.76 Å². The van der Waals surface area contributed by atoms with Crippen molar-refractivity contribution in [2.24, 2.45) is 0 Å². The fraction of sp³-hybridized carbons (Fsp3) is 0.100. The van der Waals surface area contributed by atoms with Crippen LogP contribution in [-0.2, 0) is 0 Å². The number of carbonyl (C=O) groups excluding carboxylic acids is 1. The number of benzene rings is 1. The molecule has 2 rings (SSSR count). The molecule has 0 aliphatic rings. The molecule has 0 spiro atoms. The lowest BCUT2D eigenvalue weighted by Gasteiger charge is -1.97. The summed E-state index contributed by atoms with van der Waals surface area (Å²) in [5, 5.41) is 0.650. The van der Waals surface area contributed by atoms with Crippen LogP contribution in [0.5, 0.6) is 0 Å². The summed E-state index contributed by atoms with van der Waals surface area (Å²) in [5.41, 5.74) is 1.11. The lowest BCUT2D eigenvalue weighted by Crippen LogP contribution is -2.02. The Kier molecular flexibility index (Phi) is 1.89. The summed E-state index contributed by atoms with van der Waals surface area (Å²) in [5.74, 6) is -0.661. The molecular weight excluding hydrogens is 182 g/mol. The average Bonchev–Trinajstić information content (AvgIpc) is 2.16. The van der Waals surface area contributed by atoms with Gasteiger partial charge in [-0.15, -0.1) is 0 Å². The van der Waals surface area contributed by atoms with Crippen LogP contribution >= 0.6 is 0 Å². The van der Waals surface area contributed by atoms with E-state index in [0.29, 0.717) is 16.5 Å². The van der Waals surface area contributed by atoms with Gasteiger partial charge in [0.05, 0.1) is 5.52 Å². The molecule has 0 bridgehead atoms. The smallest absolute Gasteiger partial charge is 0.416 e. The standard InChI is InChI=1S/C10H7NO3/c1-6(12)7-2-3-9-8(4-7)5-14-10(13)11-9/h2-5H,1H3. The Balaban J connectivity index is 2.73. The highest BCUT2D eigenvalue weighted by molar-refractivity contribution is 5.97. The Labute approximate surface area is 79.2 Å². The maximum absolute atomic E-state index is 11.0. The zero-order chi connectivity index (χ0) is 10.1. The monoisotopic (exact) mass is 189 g/mol. The van der Waals surface area contributed by atoms with Crippen molar-refractivity contribution in [2.45, 2.75) is 6.92 Å². The SMILES string of the molecule is CC(=O)c1ccc2nc(=O)occ2c1. The third kappa shape index (κ3) is 1.42. The highest BCUT2D eigenvalue weighted by atomic mass is 16.4. The molecule has 0 aliphatic heterocycles. The van der Waals surface area contributed by atoms with E-state index in [1.54, 1.807) is 18.2 Å². The molecule has 0 aliphatic carbocycles. The van der Waals surface area contributed by atoms with Crippen molar-refractivity contribution in [3.63, 3.8) is 0 Å². The van der Waals surface area contributed by atoms with Crippen molar-refractivity contribution in [1.29, 1.82) is 0 Å². The van der Waals surface area contributed by atoms with Gasteiger partial charge in [-0.1, -0.05) is 0 Å². The van der Waals surface area contributed by atoms with Gasteiger partial charge in [-0.25, -0.2) is 4.79 Å². The third-order valence-corrected chi connectivity index (χ3v) is 1.93. The molecular formula is C10H7NO3. The summed E-state index contributed by atoms with van der Waals surface area (Å²) in [6.07, 6.45) is 1.30. The lowest BCUT2D eigenvalue weighted by molar-refractivity contribution is 0.101. The van der Waals surface area contributed by atoms with E-state index in [1.165, 1.54) is 13.2 Å². The molecule has 0 amide bonds. The molecule has 0 atom stereocenters. The minimum absolute atomic E-state index is 0.0295. The van der Waals surface area contributed by atoms with Crippen molar-refractivity contribution >= 4 is 16.7 Å². The fourth-order valence-corrected chi connectivity index (χ4v) is 1.21. The van der Waals surface area contributed by atoms with E-state index in [0.717, 1.165) is 0 Å². The number of hydrogen-bond donors (Lipinski definition) is 0. The van der Waals surface area contributed by atoms with Crippen LogP contribution in [0.15, 0.2) is 33.7 Å². The Bertz CT molecular complexity index is 557. The molecule has 1 heterocycles. The third-order valence-electron chi connectivity index (χ3n) is 1.93. The van der Waals surface area contributed by atoms with Crippen LogP contribution < -0.4 is 5.76 Å². The second-order valence-electron chi connectivity index (χ2n) is 2.94. The molecule has 1 aromatic heterocycles. The van der Waals surface area contributed by atoms with E-state index >= 15 is 0 Å². The largest absolute Gasteiger partial charge is 0.439 e. The molecule has 4 heteroatoms. The topological polar surface area (TPSA) is 60.2 Å². The summed E-state index contributed by atoms with van der Waals surface area (Å²) in [4.78, 5) is 25.4. The first kappa shape index (κ1) is 8.62. The van der Waals surface area contributed by atoms with Gasteiger partial charge in [-0.3, -0.25) is 4.79 Å². The summed E-state index contributed by atoms with van der Waals surface area (Å²) in [6, 6.07) is 4.91. The highest BCUT2D eigenvalue weighted by Crippen LogP contribution is 2.12. The van der Waals surface area contributed by atoms with Crippen molar-refractivity contribution in [3.8, 4) is 0 Å². The van der Waals surface area contributed by atoms with Gasteiger partial charge in [0.15, 0.2) is 5.78 Å². The van der Waals surface area contributed by atoms with Crippen LogP contribution in [0, 0.1) is 0 Å². The molecule has 4 nitrogen and oxygen atoms in total. The molecule has 14 heavy (non-hydrogen) atoms. The Morgan fingerprint density at radius 1 is 1.43 bits per heavy atom. The fourth-order valence-electron chi connectivity index (χ4n) is 1.21. The van der Waals surface area contributed by atoms with Gasteiger partial charge >= 0.3 is 5.76 Å². The highest BCUT2D eigenvalue weighted by Gasteiger charge is 2.02. The van der Waals surface area contributed by atoms with E-state index in [1.807, 2.05) is 0 Å². The van der Waals surface area contributed by atoms with Crippen LogP contribution in [0.2, 0.25) is 0 Å². The van der Waals surface area contributed by atoms with Crippen molar-refractivity contribution < 1.29 is 9.21 Å². The zero-order valence-corrected chi connectivity index (χ0v) is 7.48. The summed E-state index contributed by atoms with van der Waals surface area (Å²) in [7, 11) is 0. The van der Waals surface area contributed by atoms with Gasteiger partial charge in [0.1, 0.15) is 6.26 Å². The summed E-state index contributed by atoms with van der Waals surface area (Å²) >= 11 is 0. The molecule has 0 radical (unpaired) electrons. The van der Waals surface area contributed by atoms with Crippen LogP contribution in [0.25, 0.3) is 10.9 Å². The molecule has 0 fully saturated rings. The predicted molar refractivity (Wildman–Crippen MR) is 50.3 cm³/mol. The number of nitrogens with zero attached hydrogens (tertiary/aromatic N) is 1. The van der Waals surface area contributed by atoms with Gasteiger partial charge in [0.25, 0.3) is 0 Å². The van der Waals surface area contributed by atoms with Crippen LogP contribution in [0.4, 0.5) is 0 Å². The van der Waals surface area contributed by atoms with Gasteiger partial charge in [-0.05, 0) is 25.1 Å². The summed E-state index contributed by atoms with van der Waals surface area (Å²) < 4.78 is 4.60. The molecule has 1 aromatic carbocycles. The van der Waals surface area contributed by atoms with Gasteiger partial charge in [0, 0.05) is 10.9 Å². The van der Waals surface area contributed by atoms with E-state index in [2.05, 4.69) is 9.40 Å². The average molecular weight is 189 g/mol. The molecule has 2 aromatic rings. The van der Waals surface area contributed by atoms with E-state index in [9.17, 15) is 9.59 Å². The minimum Gasteiger partial charge on any atom is -0.416 e. The van der Waals surface area contributed by atoms with Crippen molar-refractivity contribution in [1.82, 2.24) is 4.98 Å². The predicted octanol–water partition coefficient (Wildman–Crippen LogP) is 1.39. The molecule has 0 saturated heterocycles. The number of ketones is 1. The second-order valence-corrected chi connectivity index (χ2v) is 2.94. The van der Waals surface area contributed by atoms with E-state index in [-0.39, 0.29) is 5.78 Å². The number of fused-ring (bicyclic) bond motifs is 1. The molecule has 0 saturated carbocycles. The first-order valence-corrected chi connectivity index (χ1v) is 4.07. The quantitative estimate of drug-likeness (QED) is 0.636. The van der Waals surface area contributed by atoms with Crippen molar-refractivity contribution in [2.75, 3.05) is 0 Å². The second kappa shape index (κ2) is 3.06. The summed E-state index contributed by atoms with van der Waals surface area (Å²) in [6.45, 7) is 1.48. The number of Topliss-reactive ketones (excluding diaryl/α,β-unsaturated/α-hetero) is 1.